The molecule has 0 saturated carbocycles. The van der Waals surface area contributed by atoms with Crippen LogP contribution in [0.3, 0.4) is 0 Å². The Kier molecular flexibility index (Phi) is 3.67. The molecular weight excluding hydrogens is 284 g/mol. The lowest BCUT2D eigenvalue weighted by Crippen LogP contribution is -2.76. The van der Waals surface area contributed by atoms with Crippen LogP contribution in [0.4, 0.5) is 0 Å². The number of para-hydroxylation sites is 1. The van der Waals surface area contributed by atoms with Crippen molar-refractivity contribution in [3.05, 3.63) is 30.3 Å². The van der Waals surface area contributed by atoms with Gasteiger partial charge in [-0.25, -0.2) is 8.42 Å². The van der Waals surface area contributed by atoms with E-state index < -0.39 is 26.5 Å². The Morgan fingerprint density at radius 3 is 2.50 bits per heavy atom. The summed E-state index contributed by atoms with van der Waals surface area (Å²) < 4.78 is 28.5. The number of sulfone groups is 1. The Bertz CT molecular complexity index is 629. The van der Waals surface area contributed by atoms with Crippen molar-refractivity contribution in [2.75, 3.05) is 19.4 Å². The van der Waals surface area contributed by atoms with Gasteiger partial charge in [-0.15, -0.1) is 0 Å². The van der Waals surface area contributed by atoms with E-state index in [2.05, 4.69) is 10.6 Å². The quantitative estimate of drug-likeness (QED) is 0.683. The zero-order chi connectivity index (χ0) is 14.8. The third kappa shape index (κ3) is 2.60. The van der Waals surface area contributed by atoms with Crippen molar-refractivity contribution in [3.8, 4) is 5.75 Å². The van der Waals surface area contributed by atoms with Gasteiger partial charge in [-0.3, -0.25) is 9.59 Å². The van der Waals surface area contributed by atoms with E-state index in [9.17, 15) is 18.0 Å². The number of amides is 2. The predicted octanol–water partition coefficient (Wildman–Crippen LogP) is -0.948. The number of carbonyl (C=O) groups is 2. The van der Waals surface area contributed by atoms with E-state index in [1.807, 2.05) is 0 Å². The Hall–Kier alpha value is -2.09. The van der Waals surface area contributed by atoms with Crippen molar-refractivity contribution < 1.29 is 22.7 Å². The van der Waals surface area contributed by atoms with Gasteiger partial charge in [-0.05, 0) is 12.1 Å². The molecule has 1 aromatic rings. The molecule has 0 aliphatic carbocycles. The molecule has 1 saturated heterocycles. The molecule has 1 atom stereocenters. The van der Waals surface area contributed by atoms with Gasteiger partial charge < -0.3 is 15.4 Å². The van der Waals surface area contributed by atoms with E-state index in [-0.39, 0.29) is 13.2 Å². The minimum absolute atomic E-state index is 0.137. The van der Waals surface area contributed by atoms with Crippen molar-refractivity contribution in [1.29, 1.82) is 0 Å². The molecule has 1 unspecified atom stereocenters. The first-order valence-electron chi connectivity index (χ1n) is 5.82. The van der Waals surface area contributed by atoms with E-state index in [0.717, 1.165) is 6.26 Å². The van der Waals surface area contributed by atoms with Crippen molar-refractivity contribution in [3.63, 3.8) is 0 Å². The average Bonchev–Trinajstić information content (AvgIpc) is 2.40. The normalized spacial score (nSPS) is 21.6. The minimum atomic E-state index is -3.75. The van der Waals surface area contributed by atoms with E-state index in [1.54, 1.807) is 30.3 Å². The lowest BCUT2D eigenvalue weighted by molar-refractivity contribution is -0.136. The Morgan fingerprint density at radius 1 is 1.40 bits per heavy atom. The van der Waals surface area contributed by atoms with Crippen molar-refractivity contribution in [2.24, 2.45) is 0 Å². The fourth-order valence-electron chi connectivity index (χ4n) is 1.74. The van der Waals surface area contributed by atoms with Crippen LogP contribution in [0.25, 0.3) is 0 Å². The second kappa shape index (κ2) is 5.12. The van der Waals surface area contributed by atoms with Crippen LogP contribution in [0.1, 0.15) is 0 Å². The maximum atomic E-state index is 11.7. The first kappa shape index (κ1) is 14.3. The molecule has 1 aromatic carbocycles. The highest BCUT2D eigenvalue weighted by molar-refractivity contribution is 7.93. The highest BCUT2D eigenvalue weighted by atomic mass is 32.2. The summed E-state index contributed by atoms with van der Waals surface area (Å²) in [6, 6.07) is 8.60. The van der Waals surface area contributed by atoms with Crippen molar-refractivity contribution >= 4 is 21.7 Å². The van der Waals surface area contributed by atoms with Crippen LogP contribution in [0.2, 0.25) is 0 Å². The third-order valence-corrected chi connectivity index (χ3v) is 4.65. The molecule has 0 spiro atoms. The molecule has 2 rings (SSSR count). The summed E-state index contributed by atoms with van der Waals surface area (Å²) in [4.78, 5) is 21.3. The molecule has 1 fully saturated rings. The molecule has 20 heavy (non-hydrogen) atoms. The molecule has 2 N–H and O–H groups in total. The number of ether oxygens (including phenoxy) is 1. The summed E-state index contributed by atoms with van der Waals surface area (Å²) in [6.45, 7) is -0.504. The Morgan fingerprint density at radius 2 is 2.05 bits per heavy atom. The van der Waals surface area contributed by atoms with Gasteiger partial charge in [0.15, 0.2) is 16.4 Å². The number of carbonyl (C=O) groups excluding carboxylic acids is 2. The fourth-order valence-corrected chi connectivity index (χ4v) is 2.78. The summed E-state index contributed by atoms with van der Waals surface area (Å²) in [7, 11) is -3.75. The highest BCUT2D eigenvalue weighted by Gasteiger charge is 2.56. The largest absolute Gasteiger partial charge is 0.484 e. The van der Waals surface area contributed by atoms with Crippen molar-refractivity contribution in [2.45, 2.75) is 4.87 Å². The Balaban J connectivity index is 1.99. The van der Waals surface area contributed by atoms with Gasteiger partial charge in [0.2, 0.25) is 4.87 Å². The van der Waals surface area contributed by atoms with Gasteiger partial charge >= 0.3 is 0 Å². The Labute approximate surface area is 116 Å². The fraction of sp³-hybridized carbons (Fsp3) is 0.333. The number of hydrogen-bond acceptors (Lipinski definition) is 5. The predicted molar refractivity (Wildman–Crippen MR) is 70.7 cm³/mol. The minimum Gasteiger partial charge on any atom is -0.484 e. The highest BCUT2D eigenvalue weighted by Crippen LogP contribution is 2.20. The van der Waals surface area contributed by atoms with Gasteiger partial charge in [0.05, 0.1) is 6.54 Å². The van der Waals surface area contributed by atoms with Crippen LogP contribution in [0, 0.1) is 0 Å². The summed E-state index contributed by atoms with van der Waals surface area (Å²) in [5.41, 5.74) is 0. The van der Waals surface area contributed by atoms with E-state index in [4.69, 9.17) is 4.74 Å². The number of nitrogens with one attached hydrogen (secondary N) is 2. The topological polar surface area (TPSA) is 102 Å². The summed E-state index contributed by atoms with van der Waals surface area (Å²) in [6.07, 6.45) is 0.907. The van der Waals surface area contributed by atoms with Gasteiger partial charge in [0.1, 0.15) is 5.75 Å². The molecule has 7 nitrogen and oxygen atoms in total. The van der Waals surface area contributed by atoms with Gasteiger partial charge in [0, 0.05) is 6.26 Å². The zero-order valence-electron chi connectivity index (χ0n) is 10.8. The zero-order valence-corrected chi connectivity index (χ0v) is 11.6. The number of benzene rings is 1. The van der Waals surface area contributed by atoms with Gasteiger partial charge in [-0.2, -0.15) is 0 Å². The first-order valence-corrected chi connectivity index (χ1v) is 7.71. The summed E-state index contributed by atoms with van der Waals surface area (Å²) in [5, 5.41) is 4.54. The molecule has 1 aliphatic rings. The van der Waals surface area contributed by atoms with Gasteiger partial charge in [0.25, 0.3) is 11.8 Å². The van der Waals surface area contributed by atoms with Crippen LogP contribution in [0.15, 0.2) is 30.3 Å². The lowest BCUT2D eigenvalue weighted by Gasteiger charge is -2.39. The standard InChI is InChI=1S/C12H14N2O5S/c1-20(17,18)12(8-13-11(12)16)14-10(15)7-19-9-5-3-2-4-6-9/h2-6H,7-8H2,1H3,(H,13,16)(H,14,15). The van der Waals surface area contributed by atoms with E-state index in [1.165, 1.54) is 0 Å². The molecule has 1 heterocycles. The van der Waals surface area contributed by atoms with Gasteiger partial charge in [-0.1, -0.05) is 18.2 Å². The van der Waals surface area contributed by atoms with Crippen LogP contribution in [0.5, 0.6) is 5.75 Å². The summed E-state index contributed by atoms with van der Waals surface area (Å²) in [5.74, 6) is -0.920. The second-order valence-electron chi connectivity index (χ2n) is 4.43. The molecular formula is C12H14N2O5S. The lowest BCUT2D eigenvalue weighted by atomic mass is 10.1. The molecule has 0 bridgehead atoms. The molecule has 0 radical (unpaired) electrons. The van der Waals surface area contributed by atoms with Crippen LogP contribution < -0.4 is 15.4 Å². The SMILES string of the molecule is CS(=O)(=O)C1(NC(=O)COc2ccccc2)CNC1=O. The smallest absolute Gasteiger partial charge is 0.263 e. The summed E-state index contributed by atoms with van der Waals surface area (Å²) >= 11 is 0. The number of hydrogen-bond donors (Lipinski definition) is 2. The second-order valence-corrected chi connectivity index (χ2v) is 6.67. The monoisotopic (exact) mass is 298 g/mol. The number of rotatable bonds is 5. The van der Waals surface area contributed by atoms with Crippen LogP contribution in [-0.4, -0.2) is 44.5 Å². The molecule has 0 aromatic heterocycles. The maximum absolute atomic E-state index is 11.7. The van der Waals surface area contributed by atoms with Crippen LogP contribution >= 0.6 is 0 Å². The van der Waals surface area contributed by atoms with E-state index >= 15 is 0 Å². The molecule has 1 aliphatic heterocycles. The molecule has 8 heteroatoms. The maximum Gasteiger partial charge on any atom is 0.263 e. The molecule has 2 amide bonds. The van der Waals surface area contributed by atoms with Crippen molar-refractivity contribution in [1.82, 2.24) is 10.6 Å². The first-order chi connectivity index (χ1) is 9.35. The average molecular weight is 298 g/mol. The third-order valence-electron chi connectivity index (χ3n) is 2.95. The van der Waals surface area contributed by atoms with Crippen LogP contribution in [-0.2, 0) is 19.4 Å². The van der Waals surface area contributed by atoms with E-state index in [0.29, 0.717) is 5.75 Å². The number of β-lactam (4-membered cyclic amide) rings is 1. The molecule has 108 valence electrons.